The Morgan fingerprint density at radius 3 is 2.63 bits per heavy atom. The number of nitrogens with one attached hydrogen (secondary N) is 2. The van der Waals surface area contributed by atoms with E-state index in [4.69, 9.17) is 0 Å². The largest absolute Gasteiger partial charge is 0.326 e. The van der Waals surface area contributed by atoms with Gasteiger partial charge < -0.3 is 15.5 Å². The van der Waals surface area contributed by atoms with Gasteiger partial charge in [0.1, 0.15) is 5.82 Å². The number of hydrogen-bond donors (Lipinski definition) is 2. The second kappa shape index (κ2) is 7.87. The van der Waals surface area contributed by atoms with Crippen molar-refractivity contribution in [2.24, 2.45) is 5.92 Å². The first-order valence-electron chi connectivity index (χ1n) is 8.28. The average molecular weight is 434 g/mol. The van der Waals surface area contributed by atoms with E-state index in [0.29, 0.717) is 11.4 Å². The lowest BCUT2D eigenvalue weighted by Crippen LogP contribution is -2.28. The Morgan fingerprint density at radius 2 is 1.93 bits per heavy atom. The van der Waals surface area contributed by atoms with Crippen molar-refractivity contribution in [1.82, 2.24) is 0 Å². The van der Waals surface area contributed by atoms with E-state index in [2.05, 4.69) is 26.6 Å². The van der Waals surface area contributed by atoms with Crippen LogP contribution in [0.1, 0.15) is 13.3 Å². The normalized spacial score (nSPS) is 16.3. The van der Waals surface area contributed by atoms with E-state index >= 15 is 0 Å². The van der Waals surface area contributed by atoms with Gasteiger partial charge in [-0.25, -0.2) is 4.39 Å². The van der Waals surface area contributed by atoms with Crippen LogP contribution in [0.5, 0.6) is 0 Å². The molecule has 1 atom stereocenters. The average Bonchev–Trinajstić information content (AvgIpc) is 2.99. The van der Waals surface area contributed by atoms with E-state index in [1.807, 2.05) is 18.2 Å². The number of rotatable bonds is 4. The fourth-order valence-corrected chi connectivity index (χ4v) is 3.42. The third-order valence-electron chi connectivity index (χ3n) is 4.18. The van der Waals surface area contributed by atoms with Gasteiger partial charge in [-0.2, -0.15) is 0 Å². The molecule has 1 unspecified atom stereocenters. The minimum absolute atomic E-state index is 0.0418. The number of carbonyl (C=O) groups excluding carboxylic acids is 3. The van der Waals surface area contributed by atoms with E-state index in [-0.39, 0.29) is 30.5 Å². The van der Waals surface area contributed by atoms with Crippen molar-refractivity contribution in [3.63, 3.8) is 0 Å². The fraction of sp³-hybridized carbons (Fsp3) is 0.211. The van der Waals surface area contributed by atoms with Gasteiger partial charge in [0.25, 0.3) is 0 Å². The standard InChI is InChI=1S/C19H17BrFN3O3/c1-11(25)22-13-6-7-15(21)16(9-13)23-19(27)12-8-18(26)24(10-12)17-5-3-2-4-14(17)20/h2-7,9,12H,8,10H2,1H3,(H,22,25)(H,23,27). The second-order valence-electron chi connectivity index (χ2n) is 6.22. The van der Waals surface area contributed by atoms with Crippen LogP contribution in [0.4, 0.5) is 21.5 Å². The minimum Gasteiger partial charge on any atom is -0.326 e. The number of amides is 3. The highest BCUT2D eigenvalue weighted by atomic mass is 79.9. The molecular weight excluding hydrogens is 417 g/mol. The fourth-order valence-electron chi connectivity index (χ4n) is 2.92. The molecule has 1 fully saturated rings. The van der Waals surface area contributed by atoms with E-state index in [9.17, 15) is 18.8 Å². The molecule has 3 rings (SSSR count). The van der Waals surface area contributed by atoms with E-state index in [1.54, 1.807) is 11.0 Å². The van der Waals surface area contributed by atoms with Crippen LogP contribution in [-0.4, -0.2) is 24.3 Å². The number of hydrogen-bond acceptors (Lipinski definition) is 3. The van der Waals surface area contributed by atoms with Crippen LogP contribution < -0.4 is 15.5 Å². The smallest absolute Gasteiger partial charge is 0.229 e. The molecule has 6 nitrogen and oxygen atoms in total. The zero-order valence-corrected chi connectivity index (χ0v) is 16.0. The van der Waals surface area contributed by atoms with E-state index in [1.165, 1.54) is 19.1 Å². The highest BCUT2D eigenvalue weighted by Crippen LogP contribution is 2.32. The molecular formula is C19H17BrFN3O3. The van der Waals surface area contributed by atoms with Gasteiger partial charge in [-0.05, 0) is 46.3 Å². The second-order valence-corrected chi connectivity index (χ2v) is 7.08. The Bertz CT molecular complexity index is 919. The summed E-state index contributed by atoms with van der Waals surface area (Å²) in [5, 5.41) is 5.05. The molecule has 8 heteroatoms. The van der Waals surface area contributed by atoms with Crippen molar-refractivity contribution < 1.29 is 18.8 Å². The van der Waals surface area contributed by atoms with Gasteiger partial charge in [-0.1, -0.05) is 12.1 Å². The molecule has 0 aliphatic carbocycles. The minimum atomic E-state index is -0.621. The molecule has 1 aliphatic heterocycles. The van der Waals surface area contributed by atoms with Crippen LogP contribution in [-0.2, 0) is 14.4 Å². The molecule has 0 spiro atoms. The lowest BCUT2D eigenvalue weighted by molar-refractivity contribution is -0.122. The predicted octanol–water partition coefficient (Wildman–Crippen LogP) is 3.54. The van der Waals surface area contributed by atoms with Gasteiger partial charge in [0.2, 0.25) is 17.7 Å². The van der Waals surface area contributed by atoms with Crippen LogP contribution in [0.15, 0.2) is 46.9 Å². The van der Waals surface area contributed by atoms with Gasteiger partial charge in [0.15, 0.2) is 0 Å². The zero-order valence-electron chi connectivity index (χ0n) is 14.5. The summed E-state index contributed by atoms with van der Waals surface area (Å²) in [6.07, 6.45) is 0.0418. The van der Waals surface area contributed by atoms with Crippen molar-refractivity contribution in [3.05, 3.63) is 52.8 Å². The quantitative estimate of drug-likeness (QED) is 0.773. The first kappa shape index (κ1) is 19.0. The zero-order chi connectivity index (χ0) is 19.6. The Balaban J connectivity index is 1.73. The monoisotopic (exact) mass is 433 g/mol. The first-order valence-corrected chi connectivity index (χ1v) is 9.07. The SMILES string of the molecule is CC(=O)Nc1ccc(F)c(NC(=O)C2CC(=O)N(c3ccccc3Br)C2)c1. The molecule has 140 valence electrons. The molecule has 1 saturated heterocycles. The molecule has 0 bridgehead atoms. The molecule has 27 heavy (non-hydrogen) atoms. The molecule has 0 radical (unpaired) electrons. The number of benzene rings is 2. The van der Waals surface area contributed by atoms with Crippen LogP contribution in [0, 0.1) is 11.7 Å². The van der Waals surface area contributed by atoms with E-state index < -0.39 is 17.6 Å². The molecule has 2 aromatic carbocycles. The summed E-state index contributed by atoms with van der Waals surface area (Å²) < 4.78 is 14.8. The third kappa shape index (κ3) is 4.33. The number of anilines is 3. The van der Waals surface area contributed by atoms with Crippen LogP contribution >= 0.6 is 15.9 Å². The van der Waals surface area contributed by atoms with Crippen molar-refractivity contribution in [2.45, 2.75) is 13.3 Å². The van der Waals surface area contributed by atoms with Gasteiger partial charge in [0, 0.05) is 30.0 Å². The van der Waals surface area contributed by atoms with E-state index in [0.717, 1.165) is 10.5 Å². The lowest BCUT2D eigenvalue weighted by atomic mass is 10.1. The number of halogens is 2. The molecule has 1 heterocycles. The van der Waals surface area contributed by atoms with Gasteiger partial charge in [0.05, 0.1) is 17.3 Å². The summed E-state index contributed by atoms with van der Waals surface area (Å²) in [5.74, 6) is -2.14. The predicted molar refractivity (Wildman–Crippen MR) is 104 cm³/mol. The summed E-state index contributed by atoms with van der Waals surface area (Å²) in [4.78, 5) is 37.6. The van der Waals surface area contributed by atoms with Crippen molar-refractivity contribution in [1.29, 1.82) is 0 Å². The van der Waals surface area contributed by atoms with Crippen LogP contribution in [0.25, 0.3) is 0 Å². The Labute approximate surface area is 163 Å². The van der Waals surface area contributed by atoms with Gasteiger partial charge in [-0.15, -0.1) is 0 Å². The molecule has 0 saturated carbocycles. The molecule has 2 aromatic rings. The summed E-state index contributed by atoms with van der Waals surface area (Å²) in [6.45, 7) is 1.54. The van der Waals surface area contributed by atoms with Crippen molar-refractivity contribution in [3.8, 4) is 0 Å². The number of carbonyl (C=O) groups is 3. The summed E-state index contributed by atoms with van der Waals surface area (Å²) in [7, 11) is 0. The van der Waals surface area contributed by atoms with Crippen molar-refractivity contribution in [2.75, 3.05) is 22.1 Å². The number of para-hydroxylation sites is 1. The van der Waals surface area contributed by atoms with Crippen LogP contribution in [0.3, 0.4) is 0 Å². The molecule has 2 N–H and O–H groups in total. The van der Waals surface area contributed by atoms with Crippen molar-refractivity contribution >= 4 is 50.7 Å². The molecule has 0 aromatic heterocycles. The maximum atomic E-state index is 14.0. The highest BCUT2D eigenvalue weighted by molar-refractivity contribution is 9.10. The Kier molecular flexibility index (Phi) is 5.55. The maximum Gasteiger partial charge on any atom is 0.229 e. The molecule has 1 aliphatic rings. The number of nitrogens with zero attached hydrogens (tertiary/aromatic N) is 1. The Hall–Kier alpha value is -2.74. The summed E-state index contributed by atoms with van der Waals surface area (Å²) in [6, 6.07) is 11.2. The third-order valence-corrected chi connectivity index (χ3v) is 4.85. The van der Waals surface area contributed by atoms with Gasteiger partial charge in [-0.3, -0.25) is 14.4 Å². The van der Waals surface area contributed by atoms with Gasteiger partial charge >= 0.3 is 0 Å². The summed E-state index contributed by atoms with van der Waals surface area (Å²) in [5.41, 5.74) is 1.02. The maximum absolute atomic E-state index is 14.0. The van der Waals surface area contributed by atoms with Crippen LogP contribution in [0.2, 0.25) is 0 Å². The Morgan fingerprint density at radius 1 is 1.19 bits per heavy atom. The highest BCUT2D eigenvalue weighted by Gasteiger charge is 2.36. The molecule has 3 amide bonds. The summed E-state index contributed by atoms with van der Waals surface area (Å²) >= 11 is 3.40. The lowest BCUT2D eigenvalue weighted by Gasteiger charge is -2.18. The first-order chi connectivity index (χ1) is 12.8. The topological polar surface area (TPSA) is 78.5 Å².